The predicted octanol–water partition coefficient (Wildman–Crippen LogP) is 3.50. The number of ether oxygens (including phenoxy) is 1. The highest BCUT2D eigenvalue weighted by atomic mass is 16.5. The second-order valence-electron chi connectivity index (χ2n) is 15.1. The number of aliphatic hydroxyl groups excluding tert-OH is 1. The van der Waals surface area contributed by atoms with Crippen LogP contribution in [0.1, 0.15) is 104 Å². The van der Waals surface area contributed by atoms with Crippen molar-refractivity contribution in [2.45, 2.75) is 83.5 Å². The van der Waals surface area contributed by atoms with Gasteiger partial charge < -0.3 is 30.4 Å². The number of hydrogen-bond donors (Lipinski definition) is 5. The van der Waals surface area contributed by atoms with E-state index in [1.54, 1.807) is 24.3 Å². The average Bonchev–Trinajstić information content (AvgIpc) is 3.99. The highest BCUT2D eigenvalue weighted by Gasteiger charge is 2.45. The predicted molar refractivity (Wildman–Crippen MR) is 211 cm³/mol. The number of nitrogens with zero attached hydrogens (tertiary/aromatic N) is 3. The number of benzene rings is 3. The zero-order valence-corrected chi connectivity index (χ0v) is 32.2. The molecular weight excluding hydrogens is 743 g/mol. The van der Waals surface area contributed by atoms with Gasteiger partial charge in [-0.15, -0.1) is 0 Å². The molecule has 0 spiro atoms. The Morgan fingerprint density at radius 1 is 1.00 bits per heavy atom. The maximum Gasteiger partial charge on any atom is 0.264 e. The molecular formula is C43H45N7O8. The number of carbonyl (C=O) groups excluding carboxylic acids is 6. The van der Waals surface area contributed by atoms with Crippen LogP contribution >= 0.6 is 0 Å². The van der Waals surface area contributed by atoms with Crippen LogP contribution in [0.2, 0.25) is 0 Å². The summed E-state index contributed by atoms with van der Waals surface area (Å²) in [6, 6.07) is 13.3. The Morgan fingerprint density at radius 3 is 2.67 bits per heavy atom. The highest BCUT2D eigenvalue weighted by molar-refractivity contribution is 6.25. The lowest BCUT2D eigenvalue weighted by atomic mass is 10.0. The fourth-order valence-electron chi connectivity index (χ4n) is 8.28. The van der Waals surface area contributed by atoms with E-state index in [4.69, 9.17) is 9.72 Å². The third-order valence-corrected chi connectivity index (χ3v) is 11.4. The lowest BCUT2D eigenvalue weighted by Gasteiger charge is -2.27. The number of nitrogens with one attached hydrogen (secondary N) is 4. The van der Waals surface area contributed by atoms with Crippen molar-refractivity contribution < 1.29 is 38.6 Å². The fourth-order valence-corrected chi connectivity index (χ4v) is 8.28. The Bertz CT molecular complexity index is 2330. The number of aliphatic hydroxyl groups is 1. The number of rotatable bonds is 14. The van der Waals surface area contributed by atoms with Gasteiger partial charge in [-0.2, -0.15) is 0 Å². The Labute approximate surface area is 334 Å². The molecule has 1 unspecified atom stereocenters. The number of piperidine rings is 1. The van der Waals surface area contributed by atoms with Crippen molar-refractivity contribution in [3.05, 3.63) is 99.5 Å². The monoisotopic (exact) mass is 787 g/mol. The molecule has 4 aromatic rings. The molecule has 15 heteroatoms. The van der Waals surface area contributed by atoms with Gasteiger partial charge in [0.15, 0.2) is 0 Å². The summed E-state index contributed by atoms with van der Waals surface area (Å²) in [5.41, 5.74) is 6.64. The zero-order valence-electron chi connectivity index (χ0n) is 32.2. The molecule has 300 valence electrons. The number of amides is 6. The standard InChI is InChI=1S/C43H45N7O8/c1-24-28(23-51)19-27(40(54)47-31-11-10-25-8-9-26(20-30(25)31)33-22-49-17-3-7-36(49)46-33)21-35(24)58-18-4-15-45-37(52)14-16-44-32-6-2-5-29-39(32)43(57)50(42(29)56)34-12-13-38(53)48-41(34)55/h2,5-6,8-9,19-22,31,34,44,51H,3-4,7,10-18,23H2,1H3,(H,45,52)(H,47,54)(H,48,53,55)/t31-,34?/m1/s1. The quantitative estimate of drug-likeness (QED) is 0.0931. The summed E-state index contributed by atoms with van der Waals surface area (Å²) in [6.07, 6.45) is 6.52. The number of anilines is 1. The number of imidazole rings is 1. The second-order valence-corrected chi connectivity index (χ2v) is 15.1. The molecule has 1 aromatic heterocycles. The van der Waals surface area contributed by atoms with Gasteiger partial charge >= 0.3 is 0 Å². The van der Waals surface area contributed by atoms with Crippen molar-refractivity contribution >= 4 is 41.1 Å². The third-order valence-electron chi connectivity index (χ3n) is 11.4. The molecule has 1 aliphatic carbocycles. The number of aryl methyl sites for hydroxylation is 3. The molecule has 15 nitrogen and oxygen atoms in total. The summed E-state index contributed by atoms with van der Waals surface area (Å²) >= 11 is 0. The minimum absolute atomic E-state index is 0.0273. The number of hydrogen-bond acceptors (Lipinski definition) is 10. The molecule has 4 heterocycles. The van der Waals surface area contributed by atoms with E-state index in [-0.39, 0.29) is 68.0 Å². The average molecular weight is 788 g/mol. The van der Waals surface area contributed by atoms with E-state index in [9.17, 15) is 33.9 Å². The van der Waals surface area contributed by atoms with E-state index in [2.05, 4.69) is 50.2 Å². The number of fused-ring (bicyclic) bond motifs is 3. The maximum atomic E-state index is 13.6. The number of aromatic nitrogens is 2. The Hall–Kier alpha value is -6.35. The smallest absolute Gasteiger partial charge is 0.264 e. The van der Waals surface area contributed by atoms with Crippen molar-refractivity contribution in [2.24, 2.45) is 0 Å². The van der Waals surface area contributed by atoms with Crippen LogP contribution in [0.25, 0.3) is 11.3 Å². The molecule has 0 radical (unpaired) electrons. The molecule has 3 aliphatic heterocycles. The van der Waals surface area contributed by atoms with Gasteiger partial charge in [-0.1, -0.05) is 18.2 Å². The molecule has 0 saturated carbocycles. The normalized spacial score (nSPS) is 18.1. The summed E-state index contributed by atoms with van der Waals surface area (Å²) in [6.45, 7) is 3.32. The highest BCUT2D eigenvalue weighted by Crippen LogP contribution is 2.36. The maximum absolute atomic E-state index is 13.6. The van der Waals surface area contributed by atoms with E-state index in [1.807, 2.05) is 6.92 Å². The van der Waals surface area contributed by atoms with Gasteiger partial charge in [-0.25, -0.2) is 4.98 Å². The number of carbonyl (C=O) groups is 6. The van der Waals surface area contributed by atoms with Gasteiger partial charge in [-0.3, -0.25) is 39.0 Å². The summed E-state index contributed by atoms with van der Waals surface area (Å²) in [7, 11) is 0. The van der Waals surface area contributed by atoms with Crippen LogP contribution in [0.5, 0.6) is 5.75 Å². The molecule has 4 aliphatic rings. The van der Waals surface area contributed by atoms with Gasteiger partial charge in [0, 0.05) is 61.9 Å². The van der Waals surface area contributed by atoms with E-state index in [0.29, 0.717) is 35.5 Å². The largest absolute Gasteiger partial charge is 0.493 e. The van der Waals surface area contributed by atoms with Gasteiger partial charge in [0.25, 0.3) is 17.7 Å². The summed E-state index contributed by atoms with van der Waals surface area (Å²) in [5, 5.41) is 21.4. The van der Waals surface area contributed by atoms with Crippen molar-refractivity contribution in [3.63, 3.8) is 0 Å². The van der Waals surface area contributed by atoms with Crippen LogP contribution < -0.4 is 26.0 Å². The molecule has 1 fully saturated rings. The third kappa shape index (κ3) is 7.56. The van der Waals surface area contributed by atoms with E-state index < -0.39 is 29.7 Å². The van der Waals surface area contributed by atoms with E-state index in [1.165, 1.54) is 11.6 Å². The van der Waals surface area contributed by atoms with Gasteiger partial charge in [0.1, 0.15) is 17.6 Å². The first-order chi connectivity index (χ1) is 28.1. The summed E-state index contributed by atoms with van der Waals surface area (Å²) in [5.74, 6) is -1.26. The number of imide groups is 2. The summed E-state index contributed by atoms with van der Waals surface area (Å²) < 4.78 is 8.28. The molecule has 2 atom stereocenters. The van der Waals surface area contributed by atoms with Crippen LogP contribution in [0, 0.1) is 6.92 Å². The minimum Gasteiger partial charge on any atom is -0.493 e. The van der Waals surface area contributed by atoms with Crippen molar-refractivity contribution in [1.29, 1.82) is 0 Å². The fraction of sp³-hybridized carbons (Fsp3) is 0.372. The van der Waals surface area contributed by atoms with E-state index in [0.717, 1.165) is 65.3 Å². The topological polar surface area (TPSA) is 201 Å². The van der Waals surface area contributed by atoms with Crippen LogP contribution in [-0.4, -0.2) is 80.7 Å². The Morgan fingerprint density at radius 2 is 1.86 bits per heavy atom. The zero-order chi connectivity index (χ0) is 40.5. The Balaban J connectivity index is 0.812. The molecule has 8 rings (SSSR count). The molecule has 1 saturated heterocycles. The lowest BCUT2D eigenvalue weighted by molar-refractivity contribution is -0.136. The molecule has 58 heavy (non-hydrogen) atoms. The second kappa shape index (κ2) is 16.3. The lowest BCUT2D eigenvalue weighted by Crippen LogP contribution is -2.54. The molecule has 0 bridgehead atoms. The van der Waals surface area contributed by atoms with Crippen molar-refractivity contribution in [2.75, 3.05) is 25.0 Å². The van der Waals surface area contributed by atoms with Crippen molar-refractivity contribution in [3.8, 4) is 17.0 Å². The van der Waals surface area contributed by atoms with Crippen molar-refractivity contribution in [1.82, 2.24) is 30.4 Å². The van der Waals surface area contributed by atoms with E-state index >= 15 is 0 Å². The van der Waals surface area contributed by atoms with Crippen LogP contribution in [0.4, 0.5) is 5.69 Å². The minimum atomic E-state index is -1.07. The van der Waals surface area contributed by atoms with Crippen LogP contribution in [-0.2, 0) is 40.4 Å². The first-order valence-corrected chi connectivity index (χ1v) is 19.8. The molecule has 6 amide bonds. The van der Waals surface area contributed by atoms with Gasteiger partial charge in [0.2, 0.25) is 17.7 Å². The van der Waals surface area contributed by atoms with Gasteiger partial charge in [-0.05, 0) is 91.6 Å². The van der Waals surface area contributed by atoms with Gasteiger partial charge in [0.05, 0.1) is 36.1 Å². The SMILES string of the molecule is Cc1c(CO)cc(C(=O)N[C@@H]2CCc3ccc(-c4cn5c(n4)CCC5)cc32)cc1OCCCNC(=O)CCNc1cccc2c1C(=O)N(C1CCC(=O)NC1=O)C2=O. The molecule has 3 aromatic carbocycles. The Kier molecular flexibility index (Phi) is 10.8. The first kappa shape index (κ1) is 38.5. The van der Waals surface area contributed by atoms with Crippen LogP contribution in [0.15, 0.2) is 54.7 Å². The van der Waals surface area contributed by atoms with Crippen LogP contribution in [0.3, 0.4) is 0 Å². The summed E-state index contributed by atoms with van der Waals surface area (Å²) in [4.78, 5) is 82.5. The first-order valence-electron chi connectivity index (χ1n) is 19.8. The molecule has 5 N–H and O–H groups in total.